The quantitative estimate of drug-likeness (QED) is 0.873. The van der Waals surface area contributed by atoms with E-state index in [1.807, 2.05) is 24.3 Å². The molecule has 20 heavy (non-hydrogen) atoms. The van der Waals surface area contributed by atoms with E-state index in [1.54, 1.807) is 24.3 Å². The summed E-state index contributed by atoms with van der Waals surface area (Å²) in [6.07, 6.45) is 0. The molecule has 0 aliphatic heterocycles. The van der Waals surface area contributed by atoms with Crippen LogP contribution in [-0.2, 0) is 0 Å². The first-order valence-electron chi connectivity index (χ1n) is 5.94. The first-order valence-corrected chi connectivity index (χ1v) is 5.94. The second kappa shape index (κ2) is 7.45. The Morgan fingerprint density at radius 2 is 1.05 bits per heavy atom. The van der Waals surface area contributed by atoms with Crippen LogP contribution in [0.1, 0.15) is 24.0 Å². The van der Waals surface area contributed by atoms with Crippen LogP contribution in [-0.4, -0.2) is 10.2 Å². The van der Waals surface area contributed by atoms with Crippen molar-refractivity contribution in [1.82, 2.24) is 0 Å². The van der Waals surface area contributed by atoms with Gasteiger partial charge in [0.15, 0.2) is 12.1 Å². The predicted octanol–water partition coefficient (Wildman–Crippen LogP) is 3.28. The van der Waals surface area contributed by atoms with Crippen LogP contribution in [0, 0.1) is 22.7 Å². The molecule has 2 N–H and O–H groups in total. The molecule has 4 nitrogen and oxygen atoms in total. The molecule has 0 saturated carbocycles. The summed E-state index contributed by atoms with van der Waals surface area (Å²) in [6, 6.07) is 16.9. The average molecular weight is 266 g/mol. The molecule has 0 heterocycles. The van der Waals surface area contributed by atoms with Crippen LogP contribution in [0.4, 0.5) is 0 Å². The molecule has 2 aromatic rings. The highest BCUT2D eigenvalue weighted by molar-refractivity contribution is 5.36. The first kappa shape index (κ1) is 15.1. The van der Waals surface area contributed by atoms with Gasteiger partial charge in [-0.15, -0.1) is 0 Å². The Morgan fingerprint density at radius 3 is 1.30 bits per heavy atom. The zero-order valence-electron chi connectivity index (χ0n) is 11.0. The van der Waals surface area contributed by atoms with Crippen LogP contribution < -0.4 is 0 Å². The van der Waals surface area contributed by atoms with E-state index in [1.165, 1.54) is 12.1 Å². The average Bonchev–Trinajstić information content (AvgIpc) is 2.48. The van der Waals surface area contributed by atoms with Crippen molar-refractivity contribution in [2.75, 3.05) is 0 Å². The predicted molar refractivity (Wildman–Crippen MR) is 75.0 cm³/mol. The van der Waals surface area contributed by atoms with E-state index >= 15 is 0 Å². The number of aromatic hydroxyl groups is 2. The lowest BCUT2D eigenvalue weighted by molar-refractivity contribution is 0.475. The minimum atomic E-state index is 0.251. The Bertz CT molecular complexity index is 562. The van der Waals surface area contributed by atoms with E-state index in [0.717, 1.165) is 11.1 Å². The molecule has 0 aromatic heterocycles. The molecule has 2 rings (SSSR count). The van der Waals surface area contributed by atoms with Gasteiger partial charge in [0, 0.05) is 5.92 Å². The fourth-order valence-corrected chi connectivity index (χ4v) is 1.72. The summed E-state index contributed by atoms with van der Waals surface area (Å²) in [5.41, 5.74) is 2.28. The summed E-state index contributed by atoms with van der Waals surface area (Å²) < 4.78 is 0. The van der Waals surface area contributed by atoms with Crippen molar-refractivity contribution >= 4 is 0 Å². The minimum absolute atomic E-state index is 0.251. The van der Waals surface area contributed by atoms with Gasteiger partial charge in [-0.05, 0) is 35.4 Å². The molecule has 0 amide bonds. The molecule has 100 valence electrons. The number of nitriles is 2. The van der Waals surface area contributed by atoms with Crippen molar-refractivity contribution in [2.45, 2.75) is 12.8 Å². The number of phenols is 2. The lowest BCUT2D eigenvalue weighted by Crippen LogP contribution is -1.94. The summed E-state index contributed by atoms with van der Waals surface area (Å²) in [5.74, 6) is 0.810. The standard InChI is InChI=1S/C14H14O2.C2N2/c1-10(11-2-6-13(15)7-3-11)12-4-8-14(16)9-5-12;3-1-2-4/h2-10,15-16H,1H3;. The summed E-state index contributed by atoms with van der Waals surface area (Å²) in [4.78, 5) is 0. The van der Waals surface area contributed by atoms with Gasteiger partial charge in [-0.3, -0.25) is 0 Å². The topological polar surface area (TPSA) is 88.0 Å². The van der Waals surface area contributed by atoms with Crippen LogP contribution in [0.25, 0.3) is 0 Å². The van der Waals surface area contributed by atoms with Crippen molar-refractivity contribution in [3.8, 4) is 23.6 Å². The van der Waals surface area contributed by atoms with Crippen molar-refractivity contribution in [2.24, 2.45) is 0 Å². The van der Waals surface area contributed by atoms with Gasteiger partial charge in [0.2, 0.25) is 0 Å². The molecule has 0 bridgehead atoms. The van der Waals surface area contributed by atoms with E-state index in [-0.39, 0.29) is 17.4 Å². The van der Waals surface area contributed by atoms with Crippen LogP contribution in [0.2, 0.25) is 0 Å². The van der Waals surface area contributed by atoms with Gasteiger partial charge in [0.25, 0.3) is 0 Å². The highest BCUT2D eigenvalue weighted by Gasteiger charge is 2.07. The van der Waals surface area contributed by atoms with Gasteiger partial charge in [-0.1, -0.05) is 31.2 Å². The minimum Gasteiger partial charge on any atom is -0.508 e. The van der Waals surface area contributed by atoms with Crippen LogP contribution in [0.5, 0.6) is 11.5 Å². The molecule has 0 fully saturated rings. The number of benzene rings is 2. The monoisotopic (exact) mass is 266 g/mol. The van der Waals surface area contributed by atoms with Crippen molar-refractivity contribution in [3.05, 3.63) is 59.7 Å². The fraction of sp³-hybridized carbons (Fsp3) is 0.125. The van der Waals surface area contributed by atoms with E-state index in [2.05, 4.69) is 6.92 Å². The largest absolute Gasteiger partial charge is 0.508 e. The normalized spacial score (nSPS) is 9.00. The molecule has 0 saturated heterocycles. The Balaban J connectivity index is 0.000000444. The third kappa shape index (κ3) is 4.36. The molecule has 0 aliphatic carbocycles. The third-order valence-electron chi connectivity index (χ3n) is 2.84. The summed E-state index contributed by atoms with van der Waals surface area (Å²) in [5, 5.41) is 33.0. The molecule has 0 spiro atoms. The molecule has 0 atom stereocenters. The van der Waals surface area contributed by atoms with Crippen molar-refractivity contribution in [1.29, 1.82) is 10.5 Å². The third-order valence-corrected chi connectivity index (χ3v) is 2.84. The molecule has 0 radical (unpaired) electrons. The van der Waals surface area contributed by atoms with Crippen LogP contribution in [0.15, 0.2) is 48.5 Å². The zero-order chi connectivity index (χ0) is 15.0. The van der Waals surface area contributed by atoms with Gasteiger partial charge < -0.3 is 10.2 Å². The van der Waals surface area contributed by atoms with Crippen molar-refractivity contribution in [3.63, 3.8) is 0 Å². The smallest absolute Gasteiger partial charge is 0.181 e. The Labute approximate surface area is 117 Å². The van der Waals surface area contributed by atoms with Gasteiger partial charge in [0.1, 0.15) is 11.5 Å². The maximum atomic E-state index is 9.21. The highest BCUT2D eigenvalue weighted by Crippen LogP contribution is 2.26. The lowest BCUT2D eigenvalue weighted by atomic mass is 9.93. The second-order valence-electron chi connectivity index (χ2n) is 4.13. The second-order valence-corrected chi connectivity index (χ2v) is 4.13. The maximum Gasteiger partial charge on any atom is 0.181 e. The molecule has 2 aromatic carbocycles. The van der Waals surface area contributed by atoms with E-state index < -0.39 is 0 Å². The Kier molecular flexibility index (Phi) is 5.62. The van der Waals surface area contributed by atoms with Gasteiger partial charge in [-0.25, -0.2) is 0 Å². The first-order chi connectivity index (χ1) is 9.58. The molecular formula is C16H14N2O2. The van der Waals surface area contributed by atoms with Crippen LogP contribution in [0.3, 0.4) is 0 Å². The number of nitrogens with zero attached hydrogens (tertiary/aromatic N) is 2. The zero-order valence-corrected chi connectivity index (χ0v) is 11.0. The summed E-state index contributed by atoms with van der Waals surface area (Å²) in [6.45, 7) is 2.10. The van der Waals surface area contributed by atoms with E-state index in [0.29, 0.717) is 0 Å². The fourth-order valence-electron chi connectivity index (χ4n) is 1.72. The summed E-state index contributed by atoms with van der Waals surface area (Å²) in [7, 11) is 0. The Morgan fingerprint density at radius 1 is 0.750 bits per heavy atom. The number of rotatable bonds is 2. The lowest BCUT2D eigenvalue weighted by Gasteiger charge is -2.12. The van der Waals surface area contributed by atoms with Gasteiger partial charge in [0.05, 0.1) is 0 Å². The molecular weight excluding hydrogens is 252 g/mol. The van der Waals surface area contributed by atoms with E-state index in [9.17, 15) is 10.2 Å². The SMILES string of the molecule is CC(c1ccc(O)cc1)c1ccc(O)cc1.N#CC#N. The summed E-state index contributed by atoms with van der Waals surface area (Å²) >= 11 is 0. The Hall–Kier alpha value is -2.98. The highest BCUT2D eigenvalue weighted by atomic mass is 16.3. The van der Waals surface area contributed by atoms with Crippen molar-refractivity contribution < 1.29 is 10.2 Å². The molecule has 0 aliphatic rings. The number of hydrogen-bond acceptors (Lipinski definition) is 4. The molecule has 4 heteroatoms. The number of phenolic OH excluding ortho intramolecular Hbond substituents is 2. The van der Waals surface area contributed by atoms with E-state index in [4.69, 9.17) is 10.5 Å². The van der Waals surface area contributed by atoms with Crippen LogP contribution >= 0.6 is 0 Å². The number of hydrogen-bond donors (Lipinski definition) is 2. The maximum absolute atomic E-state index is 9.21. The molecule has 0 unspecified atom stereocenters. The van der Waals surface area contributed by atoms with Gasteiger partial charge >= 0.3 is 0 Å². The van der Waals surface area contributed by atoms with Gasteiger partial charge in [-0.2, -0.15) is 10.5 Å².